The second-order valence-electron chi connectivity index (χ2n) is 25.9. The lowest BCUT2D eigenvalue weighted by molar-refractivity contribution is 1.17. The topological polar surface area (TPSA) is 19.7 Å². The molecule has 20 rings (SSSR count). The summed E-state index contributed by atoms with van der Waals surface area (Å²) in [6.07, 6.45) is 0. The molecule has 468 valence electrons. The van der Waals surface area contributed by atoms with Crippen molar-refractivity contribution < 1.29 is 0 Å². The van der Waals surface area contributed by atoms with Crippen molar-refractivity contribution in [3.63, 3.8) is 0 Å². The molecule has 0 bridgehead atoms. The Bertz CT molecular complexity index is 6460. The Hall–Kier alpha value is -13.3. The molecular weight excluding hydrogens is 1210 g/mol. The van der Waals surface area contributed by atoms with Crippen LogP contribution in [0, 0.1) is 0 Å². The monoisotopic (exact) mass is 1270 g/mol. The van der Waals surface area contributed by atoms with Gasteiger partial charge in [-0.15, -0.1) is 0 Å². The molecule has 20 aromatic rings. The Morgan fingerprint density at radius 2 is 0.420 bits per heavy atom. The maximum absolute atomic E-state index is 2.50. The molecule has 0 amide bonds. The van der Waals surface area contributed by atoms with E-state index < -0.39 is 0 Å². The highest BCUT2D eigenvalue weighted by Crippen LogP contribution is 2.46. The van der Waals surface area contributed by atoms with Crippen LogP contribution in [0.15, 0.2) is 388 Å². The summed E-state index contributed by atoms with van der Waals surface area (Å²) in [7, 11) is 0. The summed E-state index contributed by atoms with van der Waals surface area (Å²) in [4.78, 5) is 0. The van der Waals surface area contributed by atoms with Crippen LogP contribution < -0.4 is 0 Å². The average Bonchev–Trinajstić information content (AvgIpc) is 1.55. The zero-order valence-electron chi connectivity index (χ0n) is 54.7. The third-order valence-corrected chi connectivity index (χ3v) is 20.2. The molecule has 0 aliphatic heterocycles. The first-order valence-electron chi connectivity index (χ1n) is 34.4. The fourth-order valence-electron chi connectivity index (χ4n) is 15.6. The lowest BCUT2D eigenvalue weighted by Crippen LogP contribution is -1.96. The van der Waals surface area contributed by atoms with E-state index in [1.54, 1.807) is 0 Å². The lowest BCUT2D eigenvalue weighted by Gasteiger charge is -2.13. The quantitative estimate of drug-likeness (QED) is 0.130. The summed E-state index contributed by atoms with van der Waals surface area (Å²) < 4.78 is 9.86. The summed E-state index contributed by atoms with van der Waals surface area (Å²) in [6.45, 7) is 0. The molecule has 4 nitrogen and oxygen atoms in total. The van der Waals surface area contributed by atoms with Crippen molar-refractivity contribution in [2.75, 3.05) is 0 Å². The largest absolute Gasteiger partial charge is 0.309 e. The van der Waals surface area contributed by atoms with Crippen LogP contribution in [0.25, 0.3) is 177 Å². The van der Waals surface area contributed by atoms with Crippen molar-refractivity contribution in [2.24, 2.45) is 0 Å². The number of benzene rings is 16. The molecule has 0 saturated carbocycles. The van der Waals surface area contributed by atoms with Gasteiger partial charge in [0.25, 0.3) is 0 Å². The van der Waals surface area contributed by atoms with E-state index in [1.165, 1.54) is 154 Å². The second-order valence-corrected chi connectivity index (χ2v) is 25.9. The summed E-state index contributed by atoms with van der Waals surface area (Å²) in [6, 6.07) is 141. The van der Waals surface area contributed by atoms with Gasteiger partial charge in [0, 0.05) is 65.8 Å². The number of hydrogen-bond donors (Lipinski definition) is 0. The van der Waals surface area contributed by atoms with Gasteiger partial charge in [-0.3, -0.25) is 0 Å². The summed E-state index contributed by atoms with van der Waals surface area (Å²) in [5, 5.41) is 9.98. The lowest BCUT2D eigenvalue weighted by atomic mass is 10.0. The van der Waals surface area contributed by atoms with Gasteiger partial charge in [-0.05, 0) is 158 Å². The zero-order chi connectivity index (χ0) is 66.0. The maximum atomic E-state index is 2.50. The number of aromatic nitrogens is 4. The third kappa shape index (κ3) is 9.92. The number of para-hydroxylation sites is 2. The molecule has 0 N–H and O–H groups in total. The Morgan fingerprint density at radius 1 is 0.130 bits per heavy atom. The molecule has 0 atom stereocenters. The summed E-state index contributed by atoms with van der Waals surface area (Å²) >= 11 is 0. The molecule has 0 unspecified atom stereocenters. The van der Waals surface area contributed by atoms with Gasteiger partial charge in [-0.25, -0.2) is 0 Å². The molecule has 16 aromatic carbocycles. The van der Waals surface area contributed by atoms with Crippen LogP contribution in [0.4, 0.5) is 0 Å². The van der Waals surface area contributed by atoms with E-state index in [9.17, 15) is 0 Å². The fraction of sp³-hybridized carbons (Fsp3) is 0. The van der Waals surface area contributed by atoms with Crippen LogP contribution >= 0.6 is 0 Å². The van der Waals surface area contributed by atoms with E-state index in [0.29, 0.717) is 0 Å². The molecule has 4 aromatic heterocycles. The van der Waals surface area contributed by atoms with Crippen molar-refractivity contribution in [3.05, 3.63) is 388 Å². The molecule has 0 radical (unpaired) electrons. The molecule has 0 saturated heterocycles. The minimum Gasteiger partial charge on any atom is -0.309 e. The van der Waals surface area contributed by atoms with Crippen molar-refractivity contribution >= 4 is 87.2 Å². The zero-order valence-corrected chi connectivity index (χ0v) is 54.7. The number of nitrogens with zero attached hydrogens (tertiary/aromatic N) is 4. The molecule has 4 heterocycles. The van der Waals surface area contributed by atoms with E-state index in [-0.39, 0.29) is 0 Å². The van der Waals surface area contributed by atoms with E-state index in [1.807, 2.05) is 0 Å². The molecule has 0 aliphatic rings. The second kappa shape index (κ2) is 24.4. The van der Waals surface area contributed by atoms with Crippen LogP contribution in [0.2, 0.25) is 0 Å². The predicted octanol–water partition coefficient (Wildman–Crippen LogP) is 25.8. The Kier molecular flexibility index (Phi) is 14.2. The van der Waals surface area contributed by atoms with Crippen LogP contribution in [0.5, 0.6) is 0 Å². The SMILES string of the molecule is c1ccc(-c2ccc(-n3c4ccccc4c4c3ccc3c5cc(-c6ccccc6)ccc5n(-c5cccc(-c6ccccc6)c5)c34)cc2)cc1.c1ccc(-c2cccc(-n3c4ccccc4c4c3ccc3c5ccc(-c6ccccc6)cc5n(-c5cccc(-c6ccccc6)c5)c34)c2)cc1. The van der Waals surface area contributed by atoms with Gasteiger partial charge in [-0.1, -0.05) is 297 Å². The number of fused-ring (bicyclic) bond motifs is 14. The van der Waals surface area contributed by atoms with Crippen LogP contribution in [-0.2, 0) is 0 Å². The minimum atomic E-state index is 1.15. The van der Waals surface area contributed by atoms with E-state index in [4.69, 9.17) is 0 Å². The highest BCUT2D eigenvalue weighted by molar-refractivity contribution is 6.28. The molecule has 100 heavy (non-hydrogen) atoms. The van der Waals surface area contributed by atoms with Gasteiger partial charge in [-0.2, -0.15) is 0 Å². The first-order chi connectivity index (χ1) is 49.6. The van der Waals surface area contributed by atoms with Gasteiger partial charge in [0.15, 0.2) is 0 Å². The first kappa shape index (κ1) is 58.1. The van der Waals surface area contributed by atoms with Crippen molar-refractivity contribution in [2.45, 2.75) is 0 Å². The van der Waals surface area contributed by atoms with Gasteiger partial charge in [0.1, 0.15) is 0 Å². The van der Waals surface area contributed by atoms with Crippen LogP contribution in [0.3, 0.4) is 0 Å². The fourth-order valence-corrected chi connectivity index (χ4v) is 15.6. The van der Waals surface area contributed by atoms with E-state index in [0.717, 1.165) is 22.7 Å². The molecule has 4 heteroatoms. The van der Waals surface area contributed by atoms with Gasteiger partial charge in [0.05, 0.1) is 44.1 Å². The highest BCUT2D eigenvalue weighted by Gasteiger charge is 2.25. The molecule has 0 spiro atoms. The summed E-state index contributed by atoms with van der Waals surface area (Å²) in [5.74, 6) is 0. The number of rotatable bonds is 10. The normalized spacial score (nSPS) is 11.6. The average molecular weight is 1270 g/mol. The van der Waals surface area contributed by atoms with E-state index in [2.05, 4.69) is 407 Å². The Labute approximate surface area is 579 Å². The highest BCUT2D eigenvalue weighted by atomic mass is 15.0. The Morgan fingerprint density at radius 3 is 0.870 bits per heavy atom. The molecular formula is C96H64N4. The van der Waals surface area contributed by atoms with Crippen LogP contribution in [-0.4, -0.2) is 18.3 Å². The van der Waals surface area contributed by atoms with Gasteiger partial charge in [0.2, 0.25) is 0 Å². The maximum Gasteiger partial charge on any atom is 0.0641 e. The third-order valence-electron chi connectivity index (χ3n) is 20.2. The standard InChI is InChI=1S/2C48H32N2/c1-4-14-33(15-5-1)36-20-12-22-39(30-36)49-44-25-11-10-24-43(44)47-45(49)29-28-42-41-27-26-38(35-18-8-3-9-19-35)32-46(41)50(48(42)47)40-23-13-21-37(31-40)34-16-6-2-7-17-34;1-4-13-33(14-5-1)36-23-26-39(27-24-36)49-44-22-11-10-21-42(44)47-46(49)30-28-41-43-32-38(35-17-8-3-9-18-35)25-29-45(43)50(48(41)47)40-20-12-19-37(31-40)34-15-6-2-7-16-34/h2*1-32H. The van der Waals surface area contributed by atoms with Crippen molar-refractivity contribution in [1.29, 1.82) is 0 Å². The van der Waals surface area contributed by atoms with Gasteiger partial charge < -0.3 is 18.3 Å². The number of hydrogen-bond acceptors (Lipinski definition) is 0. The Balaban J connectivity index is 0.000000139. The van der Waals surface area contributed by atoms with Crippen molar-refractivity contribution in [1.82, 2.24) is 18.3 Å². The molecule has 0 fully saturated rings. The first-order valence-corrected chi connectivity index (χ1v) is 34.4. The van der Waals surface area contributed by atoms with Gasteiger partial charge >= 0.3 is 0 Å². The van der Waals surface area contributed by atoms with Crippen molar-refractivity contribution in [3.8, 4) is 89.5 Å². The van der Waals surface area contributed by atoms with Crippen LogP contribution in [0.1, 0.15) is 0 Å². The smallest absolute Gasteiger partial charge is 0.0641 e. The van der Waals surface area contributed by atoms with E-state index >= 15 is 0 Å². The predicted molar refractivity (Wildman–Crippen MR) is 423 cm³/mol. The minimum absolute atomic E-state index is 1.15. The summed E-state index contributed by atoms with van der Waals surface area (Å²) in [5.41, 5.74) is 28.7. The molecule has 0 aliphatic carbocycles.